The third-order valence-electron chi connectivity index (χ3n) is 3.83. The molecule has 0 aromatic rings. The molecular weight excluding hydrogens is 208 g/mol. The number of nitrogens with zero attached hydrogens (tertiary/aromatic N) is 1. The summed E-state index contributed by atoms with van der Waals surface area (Å²) in [5.41, 5.74) is 6.46. The van der Waals surface area contributed by atoms with Crippen LogP contribution in [0.25, 0.3) is 0 Å². The van der Waals surface area contributed by atoms with E-state index in [-0.39, 0.29) is 11.5 Å². The average Bonchev–Trinajstić information content (AvgIpc) is 2.21. The Morgan fingerprint density at radius 1 is 1.06 bits per heavy atom. The van der Waals surface area contributed by atoms with E-state index in [1.807, 2.05) is 0 Å². The zero-order valence-electron chi connectivity index (χ0n) is 13.1. The van der Waals surface area contributed by atoms with Gasteiger partial charge in [0.2, 0.25) is 0 Å². The maximum Gasteiger partial charge on any atom is 0.0292 e. The molecule has 0 aliphatic carbocycles. The summed E-state index contributed by atoms with van der Waals surface area (Å²) in [5, 5.41) is 0. The van der Waals surface area contributed by atoms with Crippen molar-refractivity contribution in [2.24, 2.45) is 17.1 Å². The molecule has 2 unspecified atom stereocenters. The first-order chi connectivity index (χ1) is 7.77. The van der Waals surface area contributed by atoms with Crippen molar-refractivity contribution < 1.29 is 0 Å². The highest BCUT2D eigenvalue weighted by atomic mass is 15.2. The predicted octanol–water partition coefficient (Wildman–Crippen LogP) is 3.51. The van der Waals surface area contributed by atoms with Crippen molar-refractivity contribution in [1.29, 1.82) is 0 Å². The highest BCUT2D eigenvalue weighted by molar-refractivity contribution is 4.89. The molecule has 0 aromatic carbocycles. The van der Waals surface area contributed by atoms with Crippen molar-refractivity contribution in [2.75, 3.05) is 13.1 Å². The Labute approximate surface area is 109 Å². The topological polar surface area (TPSA) is 29.3 Å². The molecule has 0 fully saturated rings. The average molecular weight is 242 g/mol. The van der Waals surface area contributed by atoms with Crippen LogP contribution in [0.1, 0.15) is 61.3 Å². The van der Waals surface area contributed by atoms with E-state index in [9.17, 15) is 0 Å². The van der Waals surface area contributed by atoms with Gasteiger partial charge in [-0.15, -0.1) is 0 Å². The van der Waals surface area contributed by atoms with E-state index >= 15 is 0 Å². The van der Waals surface area contributed by atoms with Crippen molar-refractivity contribution in [3.05, 3.63) is 0 Å². The normalized spacial score (nSPS) is 16.6. The summed E-state index contributed by atoms with van der Waals surface area (Å²) < 4.78 is 0. The molecule has 0 bridgehead atoms. The summed E-state index contributed by atoms with van der Waals surface area (Å²) in [4.78, 5) is 2.59. The van der Waals surface area contributed by atoms with E-state index in [0.29, 0.717) is 6.04 Å². The zero-order chi connectivity index (χ0) is 13.6. The quantitative estimate of drug-likeness (QED) is 0.740. The van der Waals surface area contributed by atoms with Crippen molar-refractivity contribution in [3.8, 4) is 0 Å². The second kappa shape index (κ2) is 7.38. The van der Waals surface area contributed by atoms with E-state index in [2.05, 4.69) is 53.4 Å². The minimum atomic E-state index is 0.226. The standard InChI is InChI=1S/C15H34N2/c1-8-13(9-2)11-17(10-3)14(12(4)16)15(5,6)7/h12-14H,8-11,16H2,1-7H3. The fraction of sp³-hybridized carbons (Fsp3) is 1.00. The molecule has 0 amide bonds. The molecule has 2 heteroatoms. The van der Waals surface area contributed by atoms with Gasteiger partial charge in [-0.2, -0.15) is 0 Å². The molecule has 0 aliphatic rings. The van der Waals surface area contributed by atoms with Crippen LogP contribution >= 0.6 is 0 Å². The Morgan fingerprint density at radius 3 is 1.76 bits per heavy atom. The third kappa shape index (κ3) is 5.39. The van der Waals surface area contributed by atoms with Gasteiger partial charge in [0.15, 0.2) is 0 Å². The number of rotatable bonds is 7. The van der Waals surface area contributed by atoms with Gasteiger partial charge in [-0.1, -0.05) is 54.4 Å². The fourth-order valence-corrected chi connectivity index (χ4v) is 2.99. The molecule has 2 atom stereocenters. The third-order valence-corrected chi connectivity index (χ3v) is 3.83. The number of hydrogen-bond donors (Lipinski definition) is 1. The lowest BCUT2D eigenvalue weighted by atomic mass is 9.81. The van der Waals surface area contributed by atoms with Gasteiger partial charge in [0, 0.05) is 18.6 Å². The predicted molar refractivity (Wildman–Crippen MR) is 78.2 cm³/mol. The Kier molecular flexibility index (Phi) is 7.34. The highest BCUT2D eigenvalue weighted by Gasteiger charge is 2.33. The van der Waals surface area contributed by atoms with Crippen LogP contribution in [0.4, 0.5) is 0 Å². The smallest absolute Gasteiger partial charge is 0.0292 e. The minimum Gasteiger partial charge on any atom is -0.327 e. The van der Waals surface area contributed by atoms with Crippen molar-refractivity contribution in [1.82, 2.24) is 4.90 Å². The van der Waals surface area contributed by atoms with Gasteiger partial charge in [-0.25, -0.2) is 0 Å². The summed E-state index contributed by atoms with van der Waals surface area (Å²) >= 11 is 0. The Hall–Kier alpha value is -0.0800. The summed E-state index contributed by atoms with van der Waals surface area (Å²) in [6.45, 7) is 18.2. The van der Waals surface area contributed by atoms with Crippen LogP contribution in [0.2, 0.25) is 0 Å². The summed E-state index contributed by atoms with van der Waals surface area (Å²) in [6, 6.07) is 0.692. The monoisotopic (exact) mass is 242 g/mol. The molecule has 2 nitrogen and oxygen atoms in total. The van der Waals surface area contributed by atoms with Gasteiger partial charge in [-0.05, 0) is 24.8 Å². The first-order valence-corrected chi connectivity index (χ1v) is 7.27. The molecule has 17 heavy (non-hydrogen) atoms. The van der Waals surface area contributed by atoms with E-state index < -0.39 is 0 Å². The summed E-state index contributed by atoms with van der Waals surface area (Å²) in [7, 11) is 0. The Bertz CT molecular complexity index is 190. The summed E-state index contributed by atoms with van der Waals surface area (Å²) in [5.74, 6) is 0.804. The molecule has 104 valence electrons. The van der Waals surface area contributed by atoms with Crippen LogP contribution in [0.15, 0.2) is 0 Å². The molecule has 0 rings (SSSR count). The van der Waals surface area contributed by atoms with Gasteiger partial charge < -0.3 is 5.73 Å². The lowest BCUT2D eigenvalue weighted by molar-refractivity contribution is 0.0705. The van der Waals surface area contributed by atoms with Crippen LogP contribution in [0, 0.1) is 11.3 Å². The number of hydrogen-bond acceptors (Lipinski definition) is 2. The van der Waals surface area contributed by atoms with Gasteiger partial charge in [0.25, 0.3) is 0 Å². The van der Waals surface area contributed by atoms with Gasteiger partial charge >= 0.3 is 0 Å². The maximum atomic E-state index is 6.22. The first kappa shape index (κ1) is 16.9. The van der Waals surface area contributed by atoms with Crippen molar-refractivity contribution in [2.45, 2.75) is 73.4 Å². The number of nitrogens with two attached hydrogens (primary N) is 1. The highest BCUT2D eigenvalue weighted by Crippen LogP contribution is 2.27. The van der Waals surface area contributed by atoms with Crippen LogP contribution in [0.3, 0.4) is 0 Å². The Morgan fingerprint density at radius 2 is 1.53 bits per heavy atom. The van der Waals surface area contributed by atoms with E-state index in [1.165, 1.54) is 19.4 Å². The Balaban J connectivity index is 4.80. The van der Waals surface area contributed by atoms with Crippen LogP contribution in [-0.4, -0.2) is 30.1 Å². The lowest BCUT2D eigenvalue weighted by Crippen LogP contribution is -2.54. The van der Waals surface area contributed by atoms with Crippen LogP contribution in [0.5, 0.6) is 0 Å². The molecular formula is C15H34N2. The molecule has 0 heterocycles. The minimum absolute atomic E-state index is 0.226. The van der Waals surface area contributed by atoms with Gasteiger partial charge in [0.05, 0.1) is 0 Å². The lowest BCUT2D eigenvalue weighted by Gasteiger charge is -2.43. The molecule has 0 spiro atoms. The summed E-state index contributed by atoms with van der Waals surface area (Å²) in [6.07, 6.45) is 2.53. The molecule has 2 N–H and O–H groups in total. The van der Waals surface area contributed by atoms with E-state index in [4.69, 9.17) is 5.73 Å². The van der Waals surface area contributed by atoms with E-state index in [1.54, 1.807) is 0 Å². The SMILES string of the molecule is CCC(CC)CN(CC)C(C(C)N)C(C)(C)C. The fourth-order valence-electron chi connectivity index (χ4n) is 2.99. The molecule has 0 aliphatic heterocycles. The van der Waals surface area contributed by atoms with Crippen LogP contribution in [-0.2, 0) is 0 Å². The molecule has 0 radical (unpaired) electrons. The molecule has 0 saturated carbocycles. The molecule has 0 aromatic heterocycles. The van der Waals surface area contributed by atoms with Crippen molar-refractivity contribution in [3.63, 3.8) is 0 Å². The van der Waals surface area contributed by atoms with Gasteiger partial charge in [0.1, 0.15) is 0 Å². The van der Waals surface area contributed by atoms with E-state index in [0.717, 1.165) is 12.5 Å². The molecule has 0 saturated heterocycles. The largest absolute Gasteiger partial charge is 0.327 e. The van der Waals surface area contributed by atoms with Crippen LogP contribution < -0.4 is 5.73 Å². The van der Waals surface area contributed by atoms with Crippen molar-refractivity contribution >= 4 is 0 Å². The maximum absolute atomic E-state index is 6.22. The second-order valence-corrected chi connectivity index (χ2v) is 6.44. The first-order valence-electron chi connectivity index (χ1n) is 7.27. The second-order valence-electron chi connectivity index (χ2n) is 6.44. The number of likely N-dealkylation sites (N-methyl/N-ethyl adjacent to an activating group) is 1. The van der Waals surface area contributed by atoms with Gasteiger partial charge in [-0.3, -0.25) is 4.90 Å². The zero-order valence-corrected chi connectivity index (χ0v) is 13.1.